The van der Waals surface area contributed by atoms with Crippen molar-refractivity contribution in [3.05, 3.63) is 56.8 Å². The average Bonchev–Trinajstić information content (AvgIpc) is 2.62. The molecular weight excluding hydrogens is 256 g/mol. The summed E-state index contributed by atoms with van der Waals surface area (Å²) in [6, 6.07) is 9.71. The van der Waals surface area contributed by atoms with Gasteiger partial charge in [0.05, 0.1) is 10.6 Å². The van der Waals surface area contributed by atoms with E-state index < -0.39 is 0 Å². The molecule has 2 rings (SSSR count). The van der Waals surface area contributed by atoms with Crippen LogP contribution in [0.1, 0.15) is 5.56 Å². The molecule has 0 saturated carbocycles. The van der Waals surface area contributed by atoms with Gasteiger partial charge in [-0.3, -0.25) is 15.0 Å². The molecule has 0 fully saturated rings. The lowest BCUT2D eigenvalue weighted by atomic mass is 10.2. The lowest BCUT2D eigenvalue weighted by Gasteiger charge is -1.88. The molecular formula is C11H9BrN2O. The molecule has 0 amide bonds. The fourth-order valence-corrected chi connectivity index (χ4v) is 1.69. The zero-order valence-electron chi connectivity index (χ0n) is 7.83. The van der Waals surface area contributed by atoms with Crippen molar-refractivity contribution < 1.29 is 0 Å². The third-order valence-electron chi connectivity index (χ3n) is 2.07. The minimum atomic E-state index is -0.121. The summed E-state index contributed by atoms with van der Waals surface area (Å²) < 4.78 is 0. The van der Waals surface area contributed by atoms with Crippen molar-refractivity contribution in [2.75, 3.05) is 0 Å². The molecule has 1 aromatic carbocycles. The number of halogens is 1. The molecule has 2 N–H and O–H groups in total. The van der Waals surface area contributed by atoms with Gasteiger partial charge in [0, 0.05) is 4.99 Å². The monoisotopic (exact) mass is 264 g/mol. The maximum atomic E-state index is 11.4. The van der Waals surface area contributed by atoms with Crippen LogP contribution in [0.2, 0.25) is 0 Å². The molecule has 0 aliphatic rings. The van der Waals surface area contributed by atoms with E-state index in [2.05, 4.69) is 26.1 Å². The molecule has 0 unspecified atom stereocenters. The van der Waals surface area contributed by atoms with E-state index in [0.717, 1.165) is 10.9 Å². The Morgan fingerprint density at radius 1 is 1.13 bits per heavy atom. The van der Waals surface area contributed by atoms with Crippen molar-refractivity contribution in [1.29, 1.82) is 0 Å². The summed E-state index contributed by atoms with van der Waals surface area (Å²) in [4.78, 5) is 13.1. The summed E-state index contributed by atoms with van der Waals surface area (Å²) in [6.07, 6.45) is 1.84. The molecule has 0 aliphatic carbocycles. The van der Waals surface area contributed by atoms with E-state index in [1.165, 1.54) is 0 Å². The second-order valence-electron chi connectivity index (χ2n) is 3.07. The highest BCUT2D eigenvalue weighted by Crippen LogP contribution is 1.97. The predicted molar refractivity (Wildman–Crippen MR) is 64.1 cm³/mol. The lowest BCUT2D eigenvalue weighted by molar-refractivity contribution is 1.04. The average molecular weight is 265 g/mol. The predicted octanol–water partition coefficient (Wildman–Crippen LogP) is 0.665. The summed E-state index contributed by atoms with van der Waals surface area (Å²) in [5.74, 6) is 0. The van der Waals surface area contributed by atoms with Crippen LogP contribution in [0, 0.1) is 0 Å². The number of aromatic amines is 2. The van der Waals surface area contributed by atoms with Crippen LogP contribution >= 0.6 is 15.9 Å². The number of hydrogen-bond donors (Lipinski definition) is 2. The Morgan fingerprint density at radius 3 is 2.53 bits per heavy atom. The second kappa shape index (κ2) is 4.31. The molecule has 2 aromatic rings. The van der Waals surface area contributed by atoms with Crippen LogP contribution in [-0.4, -0.2) is 10.2 Å². The number of rotatable bonds is 1. The van der Waals surface area contributed by atoms with E-state index in [1.54, 1.807) is 4.99 Å². The largest absolute Gasteiger partial charge is 0.297 e. The smallest absolute Gasteiger partial charge is 0.271 e. The van der Waals surface area contributed by atoms with E-state index in [9.17, 15) is 4.79 Å². The van der Waals surface area contributed by atoms with Gasteiger partial charge in [0.25, 0.3) is 5.56 Å². The van der Waals surface area contributed by atoms with E-state index >= 15 is 0 Å². The Morgan fingerprint density at radius 2 is 1.87 bits per heavy atom. The first-order chi connectivity index (χ1) is 7.31. The molecule has 0 spiro atoms. The van der Waals surface area contributed by atoms with Crippen LogP contribution in [0.3, 0.4) is 0 Å². The van der Waals surface area contributed by atoms with Crippen LogP contribution in [0.5, 0.6) is 0 Å². The lowest BCUT2D eigenvalue weighted by Crippen LogP contribution is -2.32. The molecule has 1 heterocycles. The van der Waals surface area contributed by atoms with Gasteiger partial charge in [-0.15, -0.1) is 0 Å². The minimum Gasteiger partial charge on any atom is -0.297 e. The third-order valence-corrected chi connectivity index (χ3v) is 2.52. The van der Waals surface area contributed by atoms with Crippen LogP contribution in [0.4, 0.5) is 0 Å². The molecule has 0 atom stereocenters. The van der Waals surface area contributed by atoms with E-state index in [-0.39, 0.29) is 5.56 Å². The SMILES string of the molecule is O=c1[nH][nH]c(=CBr)c1=Cc1ccccc1. The maximum Gasteiger partial charge on any atom is 0.271 e. The van der Waals surface area contributed by atoms with Gasteiger partial charge in [-0.25, -0.2) is 0 Å². The highest BCUT2D eigenvalue weighted by Gasteiger charge is 1.93. The first-order valence-electron chi connectivity index (χ1n) is 4.45. The Labute approximate surface area is 94.3 Å². The fraction of sp³-hybridized carbons (Fsp3) is 0. The zero-order chi connectivity index (χ0) is 10.7. The number of benzene rings is 1. The van der Waals surface area contributed by atoms with Gasteiger partial charge in [0.15, 0.2) is 0 Å². The first kappa shape index (κ1) is 9.98. The van der Waals surface area contributed by atoms with Crippen LogP contribution in [0.25, 0.3) is 11.1 Å². The molecule has 0 saturated heterocycles. The van der Waals surface area contributed by atoms with Crippen molar-refractivity contribution in [2.24, 2.45) is 0 Å². The molecule has 0 bridgehead atoms. The standard InChI is InChI=1S/C11H9BrN2O/c12-7-10-9(11(15)14-13-10)6-8-4-2-1-3-5-8/h1-7,13H,(H,14,15). The summed E-state index contributed by atoms with van der Waals surface area (Å²) in [6.45, 7) is 0. The van der Waals surface area contributed by atoms with Crippen molar-refractivity contribution >= 4 is 27.0 Å². The van der Waals surface area contributed by atoms with E-state index in [1.807, 2.05) is 36.4 Å². The quantitative estimate of drug-likeness (QED) is 0.782. The van der Waals surface area contributed by atoms with Gasteiger partial charge < -0.3 is 0 Å². The van der Waals surface area contributed by atoms with Crippen LogP contribution in [-0.2, 0) is 0 Å². The minimum absolute atomic E-state index is 0.121. The third kappa shape index (κ3) is 2.10. The molecule has 1 aromatic heterocycles. The Hall–Kier alpha value is -1.55. The summed E-state index contributed by atoms with van der Waals surface area (Å²) in [5.41, 5.74) is 0.878. The van der Waals surface area contributed by atoms with E-state index in [4.69, 9.17) is 0 Å². The zero-order valence-corrected chi connectivity index (χ0v) is 9.41. The molecule has 0 radical (unpaired) electrons. The van der Waals surface area contributed by atoms with Gasteiger partial charge in [-0.2, -0.15) is 0 Å². The second-order valence-corrected chi connectivity index (χ2v) is 3.53. The van der Waals surface area contributed by atoms with Crippen LogP contribution in [0.15, 0.2) is 35.1 Å². The van der Waals surface area contributed by atoms with Crippen molar-refractivity contribution in [1.82, 2.24) is 10.2 Å². The number of hydrogen-bond acceptors (Lipinski definition) is 1. The van der Waals surface area contributed by atoms with Gasteiger partial charge in [0.1, 0.15) is 0 Å². The van der Waals surface area contributed by atoms with Gasteiger partial charge in [-0.1, -0.05) is 46.3 Å². The highest BCUT2D eigenvalue weighted by atomic mass is 79.9. The first-order valence-corrected chi connectivity index (χ1v) is 5.36. The molecule has 3 nitrogen and oxygen atoms in total. The molecule has 76 valence electrons. The summed E-state index contributed by atoms with van der Waals surface area (Å²) in [7, 11) is 0. The van der Waals surface area contributed by atoms with Crippen LogP contribution < -0.4 is 16.1 Å². The summed E-state index contributed by atoms with van der Waals surface area (Å²) in [5, 5.41) is 6.67. The van der Waals surface area contributed by atoms with E-state index in [0.29, 0.717) is 5.22 Å². The van der Waals surface area contributed by atoms with Crippen molar-refractivity contribution in [3.8, 4) is 0 Å². The summed E-state index contributed by atoms with van der Waals surface area (Å²) >= 11 is 3.20. The topological polar surface area (TPSA) is 48.6 Å². The Bertz CT molecular complexity index is 610. The maximum absolute atomic E-state index is 11.4. The fourth-order valence-electron chi connectivity index (χ4n) is 1.33. The normalized spacial score (nSPS) is 13.4. The van der Waals surface area contributed by atoms with Gasteiger partial charge >= 0.3 is 0 Å². The van der Waals surface area contributed by atoms with Gasteiger partial charge in [-0.05, 0) is 11.6 Å². The molecule has 4 heteroatoms. The molecule has 0 aliphatic heterocycles. The Kier molecular flexibility index (Phi) is 2.87. The highest BCUT2D eigenvalue weighted by molar-refractivity contribution is 9.14. The number of aromatic nitrogens is 2. The van der Waals surface area contributed by atoms with Gasteiger partial charge in [0.2, 0.25) is 0 Å². The van der Waals surface area contributed by atoms with Crippen molar-refractivity contribution in [2.45, 2.75) is 0 Å². The molecule has 15 heavy (non-hydrogen) atoms. The number of H-pyrrole nitrogens is 2. The van der Waals surface area contributed by atoms with Crippen molar-refractivity contribution in [3.63, 3.8) is 0 Å². The Balaban J connectivity index is 2.70. The number of nitrogens with one attached hydrogen (secondary N) is 2.